The topological polar surface area (TPSA) is 81.8 Å². The fourth-order valence-electron chi connectivity index (χ4n) is 5.36. The van der Waals surface area contributed by atoms with E-state index in [4.69, 9.17) is 0 Å². The van der Waals surface area contributed by atoms with E-state index < -0.39 is 6.04 Å². The molecule has 0 bridgehead atoms. The first-order valence-electron chi connectivity index (χ1n) is 12.3. The van der Waals surface area contributed by atoms with Gasteiger partial charge in [0.1, 0.15) is 6.04 Å². The molecule has 3 aliphatic rings. The van der Waals surface area contributed by atoms with E-state index in [2.05, 4.69) is 51.9 Å². The number of likely N-dealkylation sites (tertiary alicyclic amines) is 1. The molecule has 3 amide bonds. The van der Waals surface area contributed by atoms with Crippen LogP contribution in [0.2, 0.25) is 0 Å². The van der Waals surface area contributed by atoms with Crippen LogP contribution in [0.3, 0.4) is 0 Å². The number of benzene rings is 2. The molecule has 2 fully saturated rings. The molecule has 0 aromatic heterocycles. The molecule has 7 nitrogen and oxygen atoms in total. The van der Waals surface area contributed by atoms with Crippen LogP contribution < -0.4 is 10.6 Å². The second kappa shape index (κ2) is 10.1. The Balaban J connectivity index is 1.14. The van der Waals surface area contributed by atoms with Crippen LogP contribution in [-0.2, 0) is 29.1 Å². The van der Waals surface area contributed by atoms with Crippen LogP contribution in [0.4, 0.5) is 0 Å². The molecular formula is C27H32N4O3. The van der Waals surface area contributed by atoms with Crippen molar-refractivity contribution in [2.75, 3.05) is 19.6 Å². The van der Waals surface area contributed by atoms with Crippen LogP contribution >= 0.6 is 0 Å². The minimum Gasteiger partial charge on any atom is -0.322 e. The van der Waals surface area contributed by atoms with Gasteiger partial charge in [-0.15, -0.1) is 0 Å². The molecule has 2 saturated heterocycles. The Kier molecular flexibility index (Phi) is 6.74. The predicted octanol–water partition coefficient (Wildman–Crippen LogP) is 2.24. The Bertz CT molecular complexity index is 1070. The summed E-state index contributed by atoms with van der Waals surface area (Å²) in [6.45, 7) is 4.48. The molecule has 3 heterocycles. The molecule has 2 aromatic carbocycles. The van der Waals surface area contributed by atoms with E-state index in [-0.39, 0.29) is 24.1 Å². The number of piperidine rings is 2. The van der Waals surface area contributed by atoms with Crippen molar-refractivity contribution in [1.82, 2.24) is 20.4 Å². The zero-order chi connectivity index (χ0) is 23.5. The summed E-state index contributed by atoms with van der Waals surface area (Å²) in [5, 5.41) is 6.07. The van der Waals surface area contributed by atoms with Gasteiger partial charge < -0.3 is 15.1 Å². The summed E-state index contributed by atoms with van der Waals surface area (Å²) < 4.78 is 0. The summed E-state index contributed by atoms with van der Waals surface area (Å²) in [5.41, 5.74) is 4.16. The molecule has 1 unspecified atom stereocenters. The van der Waals surface area contributed by atoms with Gasteiger partial charge in [-0.2, -0.15) is 0 Å². The molecule has 2 aromatic rings. The zero-order valence-electron chi connectivity index (χ0n) is 19.5. The molecular weight excluding hydrogens is 428 g/mol. The van der Waals surface area contributed by atoms with Gasteiger partial charge in [0.05, 0.1) is 0 Å². The summed E-state index contributed by atoms with van der Waals surface area (Å²) in [4.78, 5) is 40.7. The highest BCUT2D eigenvalue weighted by molar-refractivity contribution is 6.05. The molecule has 0 aliphatic carbocycles. The highest BCUT2D eigenvalue weighted by Crippen LogP contribution is 2.28. The summed E-state index contributed by atoms with van der Waals surface area (Å²) >= 11 is 0. The number of carbonyl (C=O) groups is 3. The summed E-state index contributed by atoms with van der Waals surface area (Å²) in [5.74, 6) is -0.751. The van der Waals surface area contributed by atoms with Crippen LogP contribution in [0, 0.1) is 0 Å². The van der Waals surface area contributed by atoms with Gasteiger partial charge in [-0.3, -0.25) is 19.7 Å². The molecule has 2 N–H and O–H groups in total. The normalized spacial score (nSPS) is 23.2. The number of hydrogen-bond donors (Lipinski definition) is 2. The van der Waals surface area contributed by atoms with Gasteiger partial charge in [0.2, 0.25) is 11.8 Å². The largest absolute Gasteiger partial charge is 0.322 e. The Morgan fingerprint density at radius 3 is 2.68 bits per heavy atom. The van der Waals surface area contributed by atoms with Gasteiger partial charge >= 0.3 is 0 Å². The standard InChI is InChI=1S/C27H32N4O3/c32-25-11-10-24(26(33)29-25)31-17-21-15-20(8-9-23(21)27(31)34)16-28-22-7-4-13-30(18-22)14-12-19-5-2-1-3-6-19/h1-3,5-6,8-9,15,22,24,28H,4,7,10-14,16-18H2,(H,29,32,33)/t22-,24?/m1/s1. The van der Waals surface area contributed by atoms with E-state index >= 15 is 0 Å². The van der Waals surface area contributed by atoms with Crippen LogP contribution in [-0.4, -0.2) is 59.2 Å². The molecule has 0 saturated carbocycles. The van der Waals surface area contributed by atoms with E-state index in [0.29, 0.717) is 24.6 Å². The third kappa shape index (κ3) is 5.05. The third-order valence-corrected chi connectivity index (χ3v) is 7.25. The number of amides is 3. The Morgan fingerprint density at radius 2 is 1.85 bits per heavy atom. The van der Waals surface area contributed by atoms with Gasteiger partial charge in [0.15, 0.2) is 0 Å². The number of rotatable bonds is 7. The van der Waals surface area contributed by atoms with E-state index in [1.54, 1.807) is 4.90 Å². The minimum absolute atomic E-state index is 0.120. The first-order valence-corrected chi connectivity index (χ1v) is 12.3. The van der Waals surface area contributed by atoms with Crippen molar-refractivity contribution in [3.8, 4) is 0 Å². The molecule has 34 heavy (non-hydrogen) atoms. The monoisotopic (exact) mass is 460 g/mol. The molecule has 178 valence electrons. The van der Waals surface area contributed by atoms with Crippen molar-refractivity contribution >= 4 is 17.7 Å². The van der Waals surface area contributed by atoms with E-state index in [0.717, 1.165) is 43.7 Å². The van der Waals surface area contributed by atoms with Crippen molar-refractivity contribution in [3.63, 3.8) is 0 Å². The Morgan fingerprint density at radius 1 is 1.00 bits per heavy atom. The van der Waals surface area contributed by atoms with Gasteiger partial charge in [-0.05, 0) is 55.0 Å². The number of imide groups is 1. The fraction of sp³-hybridized carbons (Fsp3) is 0.444. The van der Waals surface area contributed by atoms with Crippen LogP contribution in [0.5, 0.6) is 0 Å². The second-order valence-electron chi connectivity index (χ2n) is 9.65. The molecule has 0 radical (unpaired) electrons. The minimum atomic E-state index is -0.566. The molecule has 5 rings (SSSR count). The maximum absolute atomic E-state index is 12.9. The quantitative estimate of drug-likeness (QED) is 0.620. The van der Waals surface area contributed by atoms with Crippen LogP contribution in [0.1, 0.15) is 52.7 Å². The maximum atomic E-state index is 12.9. The van der Waals surface area contributed by atoms with Crippen molar-refractivity contribution in [3.05, 3.63) is 70.8 Å². The van der Waals surface area contributed by atoms with Crippen LogP contribution in [0.25, 0.3) is 0 Å². The number of hydrogen-bond acceptors (Lipinski definition) is 5. The average Bonchev–Trinajstić information content (AvgIpc) is 3.18. The summed E-state index contributed by atoms with van der Waals surface area (Å²) in [6.07, 6.45) is 4.12. The van der Waals surface area contributed by atoms with Gasteiger partial charge in [-0.25, -0.2) is 0 Å². The maximum Gasteiger partial charge on any atom is 0.255 e. The molecule has 3 aliphatic heterocycles. The summed E-state index contributed by atoms with van der Waals surface area (Å²) in [6, 6.07) is 16.5. The first kappa shape index (κ1) is 22.7. The van der Waals surface area contributed by atoms with Crippen molar-refractivity contribution < 1.29 is 14.4 Å². The first-order chi connectivity index (χ1) is 16.6. The lowest BCUT2D eigenvalue weighted by atomic mass is 10.0. The van der Waals surface area contributed by atoms with Crippen molar-refractivity contribution in [1.29, 1.82) is 0 Å². The highest BCUT2D eigenvalue weighted by Gasteiger charge is 2.39. The zero-order valence-corrected chi connectivity index (χ0v) is 19.5. The van der Waals surface area contributed by atoms with E-state index in [1.807, 2.05) is 12.1 Å². The molecule has 0 spiro atoms. The number of nitrogens with zero attached hydrogens (tertiary/aromatic N) is 2. The Labute approximate surface area is 200 Å². The number of nitrogens with one attached hydrogen (secondary N) is 2. The smallest absolute Gasteiger partial charge is 0.255 e. The van der Waals surface area contributed by atoms with Crippen LogP contribution in [0.15, 0.2) is 48.5 Å². The predicted molar refractivity (Wildman–Crippen MR) is 129 cm³/mol. The van der Waals surface area contributed by atoms with Gasteiger partial charge in [-0.1, -0.05) is 42.5 Å². The Hall–Kier alpha value is -3.03. The lowest BCUT2D eigenvalue weighted by Gasteiger charge is -2.33. The van der Waals surface area contributed by atoms with Crippen molar-refractivity contribution in [2.24, 2.45) is 0 Å². The lowest BCUT2D eigenvalue weighted by molar-refractivity contribution is -0.136. The van der Waals surface area contributed by atoms with Crippen molar-refractivity contribution in [2.45, 2.75) is 57.3 Å². The highest BCUT2D eigenvalue weighted by atomic mass is 16.2. The molecule has 7 heteroatoms. The van der Waals surface area contributed by atoms with E-state index in [9.17, 15) is 14.4 Å². The number of carbonyl (C=O) groups excluding carboxylic acids is 3. The molecule has 2 atom stereocenters. The second-order valence-corrected chi connectivity index (χ2v) is 9.65. The average molecular weight is 461 g/mol. The van der Waals surface area contributed by atoms with Gasteiger partial charge in [0, 0.05) is 44.2 Å². The summed E-state index contributed by atoms with van der Waals surface area (Å²) in [7, 11) is 0. The SMILES string of the molecule is O=C1CCC(N2Cc3cc(CN[C@@H]4CCCN(CCc5ccccc5)C4)ccc3C2=O)C(=O)N1. The lowest BCUT2D eigenvalue weighted by Crippen LogP contribution is -2.52. The third-order valence-electron chi connectivity index (χ3n) is 7.25. The van der Waals surface area contributed by atoms with E-state index in [1.165, 1.54) is 18.4 Å². The number of fused-ring (bicyclic) bond motifs is 1. The van der Waals surface area contributed by atoms with Gasteiger partial charge in [0.25, 0.3) is 5.91 Å². The fourth-order valence-corrected chi connectivity index (χ4v) is 5.36.